The molecule has 0 aliphatic rings. The van der Waals surface area contributed by atoms with Crippen molar-refractivity contribution in [2.45, 2.75) is 25.1 Å². The first-order valence-electron chi connectivity index (χ1n) is 7.02. The van der Waals surface area contributed by atoms with Crippen LogP contribution in [0, 0.1) is 0 Å². The van der Waals surface area contributed by atoms with E-state index in [4.69, 9.17) is 5.73 Å². The monoisotopic (exact) mass is 334 g/mol. The van der Waals surface area contributed by atoms with Gasteiger partial charge in [-0.1, -0.05) is 36.4 Å². The van der Waals surface area contributed by atoms with Gasteiger partial charge in [-0.15, -0.1) is 11.3 Å². The van der Waals surface area contributed by atoms with Crippen molar-refractivity contribution < 1.29 is 19.8 Å². The summed E-state index contributed by atoms with van der Waals surface area (Å²) in [5.41, 5.74) is 5.96. The van der Waals surface area contributed by atoms with Crippen molar-refractivity contribution in [3.8, 4) is 0 Å². The molecule has 0 bridgehead atoms. The van der Waals surface area contributed by atoms with Gasteiger partial charge in [-0.3, -0.25) is 9.69 Å². The van der Waals surface area contributed by atoms with Crippen LogP contribution in [0.2, 0.25) is 0 Å². The highest BCUT2D eigenvalue weighted by atomic mass is 32.1. The lowest BCUT2D eigenvalue weighted by Gasteiger charge is -2.31. The molecule has 0 aliphatic heterocycles. The Bertz CT molecular complexity index is 645. The molecular weight excluding hydrogens is 316 g/mol. The predicted molar refractivity (Wildman–Crippen MR) is 87.0 cm³/mol. The molecule has 1 heterocycles. The maximum absolute atomic E-state index is 11.7. The zero-order chi connectivity index (χ0) is 16.8. The van der Waals surface area contributed by atoms with Gasteiger partial charge in [0.1, 0.15) is 0 Å². The van der Waals surface area contributed by atoms with Crippen molar-refractivity contribution >= 4 is 23.3 Å². The first-order valence-corrected chi connectivity index (χ1v) is 7.90. The van der Waals surface area contributed by atoms with Crippen molar-refractivity contribution in [3.05, 3.63) is 58.3 Å². The zero-order valence-corrected chi connectivity index (χ0v) is 13.1. The molecular formula is C16H18N2O4S. The highest BCUT2D eigenvalue weighted by Crippen LogP contribution is 2.19. The summed E-state index contributed by atoms with van der Waals surface area (Å²) in [4.78, 5) is 25.0. The van der Waals surface area contributed by atoms with E-state index in [-0.39, 0.29) is 13.0 Å². The lowest BCUT2D eigenvalue weighted by atomic mass is 10.0. The molecule has 0 saturated carbocycles. The minimum atomic E-state index is -1.57. The van der Waals surface area contributed by atoms with Gasteiger partial charge in [-0.05, 0) is 17.0 Å². The number of thiophene rings is 1. The van der Waals surface area contributed by atoms with Gasteiger partial charge in [0.15, 0.2) is 6.10 Å². The molecule has 2 atom stereocenters. The zero-order valence-electron chi connectivity index (χ0n) is 12.3. The van der Waals surface area contributed by atoms with E-state index in [1.54, 1.807) is 24.3 Å². The van der Waals surface area contributed by atoms with E-state index < -0.39 is 24.1 Å². The first kappa shape index (κ1) is 17.0. The van der Waals surface area contributed by atoms with E-state index in [0.29, 0.717) is 0 Å². The Hall–Kier alpha value is -2.38. The van der Waals surface area contributed by atoms with Crippen LogP contribution < -0.4 is 5.73 Å². The van der Waals surface area contributed by atoms with E-state index in [2.05, 4.69) is 0 Å². The number of aliphatic hydroxyl groups is 1. The topological polar surface area (TPSA) is 104 Å². The molecule has 122 valence electrons. The summed E-state index contributed by atoms with van der Waals surface area (Å²) >= 11 is 1.43. The minimum Gasteiger partial charge on any atom is -0.465 e. The predicted octanol–water partition coefficient (Wildman–Crippen LogP) is 1.69. The average Bonchev–Trinajstić information content (AvgIpc) is 3.03. The molecule has 7 heteroatoms. The Morgan fingerprint density at radius 2 is 1.87 bits per heavy atom. The number of primary amides is 1. The van der Waals surface area contributed by atoms with Crippen molar-refractivity contribution in [3.63, 3.8) is 0 Å². The van der Waals surface area contributed by atoms with Crippen LogP contribution >= 0.6 is 11.3 Å². The smallest absolute Gasteiger partial charge is 0.407 e. The van der Waals surface area contributed by atoms with Crippen LogP contribution in [-0.2, 0) is 17.8 Å². The van der Waals surface area contributed by atoms with Gasteiger partial charge >= 0.3 is 6.09 Å². The third kappa shape index (κ3) is 4.54. The Balaban J connectivity index is 2.28. The summed E-state index contributed by atoms with van der Waals surface area (Å²) in [6.07, 6.45) is -2.56. The van der Waals surface area contributed by atoms with E-state index >= 15 is 0 Å². The van der Waals surface area contributed by atoms with Gasteiger partial charge in [-0.2, -0.15) is 0 Å². The fraction of sp³-hybridized carbons (Fsp3) is 0.250. The summed E-state index contributed by atoms with van der Waals surface area (Å²) in [5, 5.41) is 21.5. The number of amides is 2. The Morgan fingerprint density at radius 1 is 1.17 bits per heavy atom. The second-order valence-electron chi connectivity index (χ2n) is 5.09. The number of carbonyl (C=O) groups is 2. The number of hydrogen-bond acceptors (Lipinski definition) is 4. The maximum Gasteiger partial charge on any atom is 0.407 e. The van der Waals surface area contributed by atoms with Gasteiger partial charge in [0.25, 0.3) is 0 Å². The molecule has 0 fully saturated rings. The second-order valence-corrected chi connectivity index (χ2v) is 6.13. The van der Waals surface area contributed by atoms with Gasteiger partial charge in [0, 0.05) is 17.8 Å². The summed E-state index contributed by atoms with van der Waals surface area (Å²) in [7, 11) is 0. The number of nitrogens with zero attached hydrogens (tertiary/aromatic N) is 1. The van der Waals surface area contributed by atoms with Crippen LogP contribution in [0.25, 0.3) is 0 Å². The van der Waals surface area contributed by atoms with Crippen LogP contribution in [0.3, 0.4) is 0 Å². The van der Waals surface area contributed by atoms with Gasteiger partial charge < -0.3 is 15.9 Å². The fourth-order valence-corrected chi connectivity index (χ4v) is 3.08. The number of nitrogens with two attached hydrogens (primary N) is 1. The second kappa shape index (κ2) is 7.75. The number of hydrogen-bond donors (Lipinski definition) is 3. The van der Waals surface area contributed by atoms with Gasteiger partial charge in [-0.25, -0.2) is 4.79 Å². The maximum atomic E-state index is 11.7. The number of aliphatic hydroxyl groups excluding tert-OH is 1. The molecule has 0 aliphatic carbocycles. The summed E-state index contributed by atoms with van der Waals surface area (Å²) in [6.45, 7) is 0.0660. The lowest BCUT2D eigenvalue weighted by molar-refractivity contribution is -0.129. The minimum absolute atomic E-state index is 0.0660. The number of carbonyl (C=O) groups excluding carboxylic acids is 1. The standard InChI is InChI=1S/C16H18N2O4S/c17-15(20)14(19)13(9-12-7-4-8-23-12)18(16(21)22)10-11-5-2-1-3-6-11/h1-8,13-14,19H,9-10H2,(H2,17,20)(H,21,22). The molecule has 0 spiro atoms. The highest BCUT2D eigenvalue weighted by molar-refractivity contribution is 7.09. The van der Waals surface area contributed by atoms with E-state index in [9.17, 15) is 19.8 Å². The van der Waals surface area contributed by atoms with Crippen LogP contribution in [0.15, 0.2) is 47.8 Å². The van der Waals surface area contributed by atoms with Crippen LogP contribution in [-0.4, -0.2) is 39.3 Å². The molecule has 2 amide bonds. The third-order valence-electron chi connectivity index (χ3n) is 3.49. The number of rotatable bonds is 7. The largest absolute Gasteiger partial charge is 0.465 e. The summed E-state index contributed by atoms with van der Waals surface area (Å²) in [6, 6.07) is 11.7. The van der Waals surface area contributed by atoms with Crippen LogP contribution in [0.1, 0.15) is 10.4 Å². The molecule has 2 rings (SSSR count). The van der Waals surface area contributed by atoms with Crippen molar-refractivity contribution in [2.75, 3.05) is 0 Å². The van der Waals surface area contributed by atoms with Crippen molar-refractivity contribution in [1.82, 2.24) is 4.90 Å². The van der Waals surface area contributed by atoms with Gasteiger partial charge in [0.05, 0.1) is 6.04 Å². The average molecular weight is 334 g/mol. The normalized spacial score (nSPS) is 13.3. The molecule has 2 aromatic rings. The molecule has 23 heavy (non-hydrogen) atoms. The van der Waals surface area contributed by atoms with E-state index in [0.717, 1.165) is 15.3 Å². The molecule has 0 saturated heterocycles. The van der Waals surface area contributed by atoms with E-state index in [1.165, 1.54) is 11.3 Å². The molecule has 0 radical (unpaired) electrons. The van der Waals surface area contributed by atoms with Crippen molar-refractivity contribution in [1.29, 1.82) is 0 Å². The Morgan fingerprint density at radius 3 is 2.39 bits per heavy atom. The fourth-order valence-electron chi connectivity index (χ4n) is 2.32. The molecule has 2 unspecified atom stereocenters. The van der Waals surface area contributed by atoms with E-state index in [1.807, 2.05) is 23.6 Å². The Labute approximate surface area is 137 Å². The Kier molecular flexibility index (Phi) is 5.72. The molecule has 1 aromatic heterocycles. The SMILES string of the molecule is NC(=O)C(O)C(Cc1cccs1)N(Cc1ccccc1)C(=O)O. The number of carboxylic acid groups (broad SMARTS) is 1. The first-order chi connectivity index (χ1) is 11.0. The molecule has 6 nitrogen and oxygen atoms in total. The molecule has 1 aromatic carbocycles. The van der Waals surface area contributed by atoms with Crippen molar-refractivity contribution in [2.24, 2.45) is 5.73 Å². The highest BCUT2D eigenvalue weighted by Gasteiger charge is 2.33. The van der Waals surface area contributed by atoms with Crippen LogP contribution in [0.5, 0.6) is 0 Å². The summed E-state index contributed by atoms with van der Waals surface area (Å²) < 4.78 is 0. The lowest BCUT2D eigenvalue weighted by Crippen LogP contribution is -2.52. The van der Waals surface area contributed by atoms with Crippen LogP contribution in [0.4, 0.5) is 4.79 Å². The quantitative estimate of drug-likeness (QED) is 0.716. The molecule has 4 N–H and O–H groups in total. The summed E-state index contributed by atoms with van der Waals surface area (Å²) in [5.74, 6) is -0.939. The third-order valence-corrected chi connectivity index (χ3v) is 4.39. The van der Waals surface area contributed by atoms with Gasteiger partial charge in [0.2, 0.25) is 5.91 Å². The number of benzene rings is 1.